The number of anilines is 1. The maximum Gasteiger partial charge on any atom is 0.389 e. The lowest BCUT2D eigenvalue weighted by Crippen LogP contribution is -2.16. The molecule has 0 saturated heterocycles. The van der Waals surface area contributed by atoms with Gasteiger partial charge in [-0.25, -0.2) is 0 Å². The number of furan rings is 1. The van der Waals surface area contributed by atoms with Crippen LogP contribution in [-0.4, -0.2) is 12.1 Å². The van der Waals surface area contributed by atoms with Crippen molar-refractivity contribution in [2.75, 3.05) is 5.32 Å². The van der Waals surface area contributed by atoms with Gasteiger partial charge >= 0.3 is 6.18 Å². The summed E-state index contributed by atoms with van der Waals surface area (Å²) >= 11 is 0. The standard InChI is InChI=1S/C17H16F3NO2/c18-17(19,20)8-7-11-4-1-2-5-14(11)21-16(22)13-10-12(13)15-6-3-9-23-15/h1-6,9,12-13H,7-8,10H2,(H,21,22)/t12-,13+/m1/s1. The third-order valence-corrected chi connectivity index (χ3v) is 3.99. The summed E-state index contributed by atoms with van der Waals surface area (Å²) in [6.07, 6.45) is -3.00. The first-order valence-electron chi connectivity index (χ1n) is 7.43. The lowest BCUT2D eigenvalue weighted by molar-refractivity contribution is -0.133. The number of nitrogens with one attached hydrogen (secondary N) is 1. The zero-order chi connectivity index (χ0) is 16.4. The summed E-state index contributed by atoms with van der Waals surface area (Å²) in [6, 6.07) is 10.2. The van der Waals surface area contributed by atoms with Crippen LogP contribution in [0.5, 0.6) is 0 Å². The van der Waals surface area contributed by atoms with Gasteiger partial charge in [0.05, 0.1) is 6.26 Å². The number of carbonyl (C=O) groups is 1. The van der Waals surface area contributed by atoms with Crippen LogP contribution in [0.3, 0.4) is 0 Å². The molecule has 1 heterocycles. The minimum atomic E-state index is -4.21. The Labute approximate surface area is 131 Å². The molecule has 0 spiro atoms. The first-order valence-corrected chi connectivity index (χ1v) is 7.43. The molecular formula is C17H16F3NO2. The highest BCUT2D eigenvalue weighted by molar-refractivity contribution is 5.95. The summed E-state index contributed by atoms with van der Waals surface area (Å²) in [7, 11) is 0. The van der Waals surface area contributed by atoms with E-state index in [-0.39, 0.29) is 24.2 Å². The molecule has 2 atom stereocenters. The van der Waals surface area contributed by atoms with E-state index in [1.807, 2.05) is 6.07 Å². The van der Waals surface area contributed by atoms with Crippen molar-refractivity contribution in [2.45, 2.75) is 31.4 Å². The molecule has 1 saturated carbocycles. The van der Waals surface area contributed by atoms with Gasteiger partial charge in [-0.3, -0.25) is 4.79 Å². The van der Waals surface area contributed by atoms with E-state index < -0.39 is 12.6 Å². The first-order chi connectivity index (χ1) is 10.9. The topological polar surface area (TPSA) is 42.2 Å². The van der Waals surface area contributed by atoms with E-state index in [9.17, 15) is 18.0 Å². The maximum absolute atomic E-state index is 12.4. The van der Waals surface area contributed by atoms with Gasteiger partial charge in [-0.1, -0.05) is 18.2 Å². The van der Waals surface area contributed by atoms with Gasteiger partial charge in [0.2, 0.25) is 5.91 Å². The highest BCUT2D eigenvalue weighted by Gasteiger charge is 2.45. The predicted octanol–water partition coefficient (Wildman–Crippen LogP) is 4.52. The van der Waals surface area contributed by atoms with Crippen molar-refractivity contribution >= 4 is 11.6 Å². The zero-order valence-electron chi connectivity index (χ0n) is 12.3. The maximum atomic E-state index is 12.4. The van der Waals surface area contributed by atoms with Crippen LogP contribution in [-0.2, 0) is 11.2 Å². The Bertz CT molecular complexity index is 679. The molecule has 1 amide bonds. The minimum absolute atomic E-state index is 0.0623. The molecule has 1 aromatic heterocycles. The van der Waals surface area contributed by atoms with Gasteiger partial charge in [0.15, 0.2) is 0 Å². The molecule has 2 aromatic rings. The van der Waals surface area contributed by atoms with Crippen molar-refractivity contribution in [3.05, 3.63) is 54.0 Å². The Kier molecular flexibility index (Phi) is 4.15. The smallest absolute Gasteiger partial charge is 0.389 e. The molecule has 1 aromatic carbocycles. The normalized spacial score (nSPS) is 20.3. The van der Waals surface area contributed by atoms with Crippen LogP contribution in [0.15, 0.2) is 47.1 Å². The van der Waals surface area contributed by atoms with Crippen LogP contribution in [0.4, 0.5) is 18.9 Å². The molecule has 1 aliphatic carbocycles. The van der Waals surface area contributed by atoms with Gasteiger partial charge in [0.25, 0.3) is 0 Å². The van der Waals surface area contributed by atoms with Crippen molar-refractivity contribution in [1.82, 2.24) is 0 Å². The van der Waals surface area contributed by atoms with E-state index in [4.69, 9.17) is 4.42 Å². The Morgan fingerprint density at radius 3 is 2.70 bits per heavy atom. The fraction of sp³-hybridized carbons (Fsp3) is 0.353. The number of aryl methyl sites for hydroxylation is 1. The molecule has 122 valence electrons. The second-order valence-corrected chi connectivity index (χ2v) is 5.73. The first kappa shape index (κ1) is 15.6. The van der Waals surface area contributed by atoms with Crippen molar-refractivity contribution in [3.8, 4) is 0 Å². The van der Waals surface area contributed by atoms with E-state index in [0.29, 0.717) is 17.7 Å². The van der Waals surface area contributed by atoms with E-state index >= 15 is 0 Å². The highest BCUT2D eigenvalue weighted by atomic mass is 19.4. The van der Waals surface area contributed by atoms with Gasteiger partial charge in [-0.15, -0.1) is 0 Å². The molecule has 0 bridgehead atoms. The second kappa shape index (κ2) is 6.10. The molecule has 3 rings (SSSR count). The van der Waals surface area contributed by atoms with Gasteiger partial charge < -0.3 is 9.73 Å². The largest absolute Gasteiger partial charge is 0.469 e. The summed E-state index contributed by atoms with van der Waals surface area (Å²) in [5, 5.41) is 2.75. The van der Waals surface area contributed by atoms with Crippen LogP contribution in [0, 0.1) is 5.92 Å². The van der Waals surface area contributed by atoms with Crippen molar-refractivity contribution in [2.24, 2.45) is 5.92 Å². The number of amides is 1. The summed E-state index contributed by atoms with van der Waals surface area (Å²) in [6.45, 7) is 0. The number of rotatable bonds is 5. The lowest BCUT2D eigenvalue weighted by Gasteiger charge is -2.12. The molecule has 23 heavy (non-hydrogen) atoms. The Hall–Kier alpha value is -2.24. The Morgan fingerprint density at radius 1 is 1.22 bits per heavy atom. The lowest BCUT2D eigenvalue weighted by atomic mass is 10.1. The van der Waals surface area contributed by atoms with Crippen molar-refractivity contribution in [3.63, 3.8) is 0 Å². The monoisotopic (exact) mass is 323 g/mol. The van der Waals surface area contributed by atoms with Gasteiger partial charge in [-0.05, 0) is 36.6 Å². The highest BCUT2D eigenvalue weighted by Crippen LogP contribution is 2.48. The molecular weight excluding hydrogens is 307 g/mol. The summed E-state index contributed by atoms with van der Waals surface area (Å²) in [5.41, 5.74) is 0.945. The van der Waals surface area contributed by atoms with E-state index in [2.05, 4.69) is 5.32 Å². The quantitative estimate of drug-likeness (QED) is 0.879. The summed E-state index contributed by atoms with van der Waals surface area (Å²) in [5.74, 6) is 0.477. The number of para-hydroxylation sites is 1. The van der Waals surface area contributed by atoms with Crippen LogP contribution in [0.25, 0.3) is 0 Å². The third kappa shape index (κ3) is 3.94. The van der Waals surface area contributed by atoms with Crippen LogP contribution < -0.4 is 5.32 Å². The predicted molar refractivity (Wildman–Crippen MR) is 79.0 cm³/mol. The molecule has 0 unspecified atom stereocenters. The van der Waals surface area contributed by atoms with Crippen molar-refractivity contribution < 1.29 is 22.4 Å². The number of halogens is 3. The van der Waals surface area contributed by atoms with Crippen molar-refractivity contribution in [1.29, 1.82) is 0 Å². The number of benzene rings is 1. The fourth-order valence-electron chi connectivity index (χ4n) is 2.66. The fourth-order valence-corrected chi connectivity index (χ4v) is 2.66. The molecule has 0 aliphatic heterocycles. The number of alkyl halides is 3. The van der Waals surface area contributed by atoms with Crippen LogP contribution in [0.2, 0.25) is 0 Å². The molecule has 1 fully saturated rings. The Morgan fingerprint density at radius 2 is 2.00 bits per heavy atom. The van der Waals surface area contributed by atoms with E-state index in [0.717, 1.165) is 5.76 Å². The zero-order valence-corrected chi connectivity index (χ0v) is 12.3. The minimum Gasteiger partial charge on any atom is -0.469 e. The van der Waals surface area contributed by atoms with Crippen LogP contribution >= 0.6 is 0 Å². The average Bonchev–Trinajstić information content (AvgIpc) is 3.12. The molecule has 6 heteroatoms. The molecule has 3 nitrogen and oxygen atoms in total. The van der Waals surface area contributed by atoms with Gasteiger partial charge in [0, 0.05) is 23.9 Å². The second-order valence-electron chi connectivity index (χ2n) is 5.73. The summed E-state index contributed by atoms with van der Waals surface area (Å²) in [4.78, 5) is 12.3. The van der Waals surface area contributed by atoms with Crippen LogP contribution in [0.1, 0.15) is 30.1 Å². The molecule has 1 N–H and O–H groups in total. The molecule has 1 aliphatic rings. The van der Waals surface area contributed by atoms with E-state index in [1.54, 1.807) is 36.6 Å². The third-order valence-electron chi connectivity index (χ3n) is 3.99. The summed E-state index contributed by atoms with van der Waals surface area (Å²) < 4.78 is 42.4. The van der Waals surface area contributed by atoms with Gasteiger partial charge in [-0.2, -0.15) is 13.2 Å². The van der Waals surface area contributed by atoms with E-state index in [1.165, 1.54) is 0 Å². The molecule has 0 radical (unpaired) electrons. The Balaban J connectivity index is 1.63. The number of hydrogen-bond acceptors (Lipinski definition) is 2. The van der Waals surface area contributed by atoms with Gasteiger partial charge in [0.1, 0.15) is 5.76 Å². The SMILES string of the molecule is O=C(Nc1ccccc1CCC(F)(F)F)[C@H]1C[C@H]1c1ccco1. The number of carbonyl (C=O) groups excluding carboxylic acids is 1. The number of hydrogen-bond donors (Lipinski definition) is 1. The average molecular weight is 323 g/mol.